The molecule has 0 saturated heterocycles. The van der Waals surface area contributed by atoms with E-state index in [1.54, 1.807) is 11.3 Å². The number of aromatic nitrogens is 5. The summed E-state index contributed by atoms with van der Waals surface area (Å²) in [5, 5.41) is 16.1. The van der Waals surface area contributed by atoms with Crippen LogP contribution < -0.4 is 0 Å². The predicted octanol–water partition coefficient (Wildman–Crippen LogP) is 17.1. The van der Waals surface area contributed by atoms with Gasteiger partial charge in [-0.05, 0) is 81.5 Å². The molecule has 7 heteroatoms. The van der Waals surface area contributed by atoms with E-state index in [1.807, 2.05) is 0 Å². The Balaban J connectivity index is 1.06. The molecule has 0 aliphatic rings. The van der Waals surface area contributed by atoms with Crippen molar-refractivity contribution in [3.05, 3.63) is 212 Å². The first-order valence-electron chi connectivity index (χ1n) is 23.6. The maximum absolute atomic E-state index is 7.03. The molecule has 0 N–H and O–H groups in total. The van der Waals surface area contributed by atoms with Crippen molar-refractivity contribution in [1.29, 1.82) is 0 Å². The van der Waals surface area contributed by atoms with Crippen molar-refractivity contribution < 1.29 is 4.42 Å². The summed E-state index contributed by atoms with van der Waals surface area (Å²) in [6.07, 6.45) is 0. The Kier molecular flexibility index (Phi) is 7.67. The van der Waals surface area contributed by atoms with Gasteiger partial charge in [0.1, 0.15) is 11.2 Å². The number of para-hydroxylation sites is 2. The van der Waals surface area contributed by atoms with Crippen molar-refractivity contribution in [2.24, 2.45) is 0 Å². The largest absolute Gasteiger partial charge is 0.455 e. The first kappa shape index (κ1) is 37.9. The lowest BCUT2D eigenvalue weighted by molar-refractivity contribution is 0.672. The number of hydrogen-bond donors (Lipinski definition) is 0. The molecule has 0 aliphatic carbocycles. The van der Waals surface area contributed by atoms with Crippen LogP contribution in [0.4, 0.5) is 0 Å². The lowest BCUT2D eigenvalue weighted by atomic mass is 10.0. The van der Waals surface area contributed by atoms with Gasteiger partial charge in [0.2, 0.25) is 5.95 Å². The number of thiophene rings is 1. The molecule has 0 radical (unpaired) electrons. The second kappa shape index (κ2) is 14.2. The van der Waals surface area contributed by atoms with Gasteiger partial charge in [-0.25, -0.2) is 4.98 Å². The van der Waals surface area contributed by atoms with Crippen LogP contribution in [-0.4, -0.2) is 24.1 Å². The molecule has 0 bridgehead atoms. The van der Waals surface area contributed by atoms with Crippen LogP contribution in [-0.2, 0) is 0 Å². The van der Waals surface area contributed by atoms with Gasteiger partial charge in [-0.15, -0.1) is 11.3 Å². The zero-order valence-electron chi connectivity index (χ0n) is 37.3. The molecule has 324 valence electrons. The molecule has 5 heterocycles. The summed E-state index contributed by atoms with van der Waals surface area (Å²) in [6, 6.07) is 76.2. The quantitative estimate of drug-likeness (QED) is 0.176. The standard InChI is InChI=1S/C63H35N5OS/c1-2-16-39-32-54-49(31-38(39)15-1)59-41-17-5-3-13-36(41)27-30-53(59)67(54)55-35-56-48(47-29-25-37-14-4-6-18-42(37)60(47)69-56)34-50(55)62-64-61(40-26-28-46-45-21-9-12-24-57(45)70-58(46)33-40)65-63(66-62)68-51-22-10-7-19-43(51)44-20-8-11-23-52(44)68/h1-35H. The maximum atomic E-state index is 7.03. The van der Waals surface area contributed by atoms with Gasteiger partial charge in [-0.3, -0.25) is 4.57 Å². The highest BCUT2D eigenvalue weighted by atomic mass is 32.1. The number of hydrogen-bond acceptors (Lipinski definition) is 5. The third kappa shape index (κ3) is 5.35. The molecule has 16 aromatic rings. The number of rotatable bonds is 4. The second-order valence-electron chi connectivity index (χ2n) is 18.3. The van der Waals surface area contributed by atoms with Gasteiger partial charge in [0, 0.05) is 75.1 Å². The first-order valence-corrected chi connectivity index (χ1v) is 24.4. The molecule has 0 unspecified atom stereocenters. The van der Waals surface area contributed by atoms with Crippen molar-refractivity contribution in [2.75, 3.05) is 0 Å². The number of nitrogens with zero attached hydrogens (tertiary/aromatic N) is 5. The van der Waals surface area contributed by atoms with Gasteiger partial charge in [0.05, 0.1) is 27.8 Å². The summed E-state index contributed by atoms with van der Waals surface area (Å²) >= 11 is 1.80. The fourth-order valence-corrected chi connectivity index (χ4v) is 12.5. The van der Waals surface area contributed by atoms with Gasteiger partial charge < -0.3 is 8.98 Å². The Bertz CT molecular complexity index is 4860. The van der Waals surface area contributed by atoms with E-state index < -0.39 is 0 Å². The predicted molar refractivity (Wildman–Crippen MR) is 292 cm³/mol. The molecule has 6 nitrogen and oxygen atoms in total. The smallest absolute Gasteiger partial charge is 0.238 e. The molecule has 5 aromatic heterocycles. The van der Waals surface area contributed by atoms with E-state index in [1.165, 1.54) is 47.1 Å². The van der Waals surface area contributed by atoms with Crippen molar-refractivity contribution >= 4 is 129 Å². The fraction of sp³-hybridized carbons (Fsp3) is 0. The van der Waals surface area contributed by atoms with Crippen LogP contribution in [0.25, 0.3) is 152 Å². The van der Waals surface area contributed by atoms with Gasteiger partial charge in [0.25, 0.3) is 0 Å². The normalized spacial score (nSPS) is 12.3. The monoisotopic (exact) mass is 909 g/mol. The Morgan fingerprint density at radius 1 is 0.357 bits per heavy atom. The third-order valence-electron chi connectivity index (χ3n) is 14.5. The second-order valence-corrected chi connectivity index (χ2v) is 19.4. The van der Waals surface area contributed by atoms with Gasteiger partial charge in [-0.2, -0.15) is 9.97 Å². The first-order chi connectivity index (χ1) is 34.7. The molecule has 0 aliphatic heterocycles. The van der Waals surface area contributed by atoms with Gasteiger partial charge in [0.15, 0.2) is 11.6 Å². The molecule has 0 saturated carbocycles. The molecular formula is C63H35N5OS. The molecule has 16 rings (SSSR count). The summed E-state index contributed by atoms with van der Waals surface area (Å²) in [5.74, 6) is 1.69. The third-order valence-corrected chi connectivity index (χ3v) is 15.7. The minimum atomic E-state index is 0.544. The van der Waals surface area contributed by atoms with Crippen LogP contribution in [0.1, 0.15) is 0 Å². The summed E-state index contributed by atoms with van der Waals surface area (Å²) in [5.41, 5.74) is 8.54. The highest BCUT2D eigenvalue weighted by Gasteiger charge is 2.25. The molecule has 11 aromatic carbocycles. The Morgan fingerprint density at radius 2 is 0.971 bits per heavy atom. The lowest BCUT2D eigenvalue weighted by Gasteiger charge is -2.16. The van der Waals surface area contributed by atoms with Crippen molar-refractivity contribution in [3.63, 3.8) is 0 Å². The average Bonchev–Trinajstić information content (AvgIpc) is 4.17. The summed E-state index contributed by atoms with van der Waals surface area (Å²) in [4.78, 5) is 16.7. The van der Waals surface area contributed by atoms with Crippen molar-refractivity contribution in [1.82, 2.24) is 24.1 Å². The fourth-order valence-electron chi connectivity index (χ4n) is 11.4. The van der Waals surface area contributed by atoms with Crippen LogP contribution in [0, 0.1) is 0 Å². The minimum absolute atomic E-state index is 0.544. The van der Waals surface area contributed by atoms with Crippen LogP contribution >= 0.6 is 11.3 Å². The molecular weight excluding hydrogens is 875 g/mol. The Labute approximate surface area is 402 Å². The van der Waals surface area contributed by atoms with Gasteiger partial charge >= 0.3 is 0 Å². The molecule has 0 spiro atoms. The molecule has 0 atom stereocenters. The highest BCUT2D eigenvalue weighted by molar-refractivity contribution is 7.25. The number of fused-ring (bicyclic) bond motifs is 17. The lowest BCUT2D eigenvalue weighted by Crippen LogP contribution is -2.08. The van der Waals surface area contributed by atoms with E-state index in [0.29, 0.717) is 17.6 Å². The highest BCUT2D eigenvalue weighted by Crippen LogP contribution is 2.45. The summed E-state index contributed by atoms with van der Waals surface area (Å²) in [7, 11) is 0. The van der Waals surface area contributed by atoms with Crippen LogP contribution in [0.2, 0.25) is 0 Å². The average molecular weight is 910 g/mol. The zero-order chi connectivity index (χ0) is 45.6. The van der Waals surface area contributed by atoms with E-state index >= 15 is 0 Å². The summed E-state index contributed by atoms with van der Waals surface area (Å²) in [6.45, 7) is 0. The van der Waals surface area contributed by atoms with E-state index in [-0.39, 0.29) is 0 Å². The maximum Gasteiger partial charge on any atom is 0.238 e. The molecule has 0 amide bonds. The minimum Gasteiger partial charge on any atom is -0.455 e. The van der Waals surface area contributed by atoms with Gasteiger partial charge in [-0.1, -0.05) is 152 Å². The van der Waals surface area contributed by atoms with Crippen molar-refractivity contribution in [2.45, 2.75) is 0 Å². The topological polar surface area (TPSA) is 61.7 Å². The molecule has 0 fully saturated rings. The van der Waals surface area contributed by atoms with E-state index in [9.17, 15) is 0 Å². The summed E-state index contributed by atoms with van der Waals surface area (Å²) < 4.78 is 14.1. The molecule has 70 heavy (non-hydrogen) atoms. The number of furan rings is 1. The Morgan fingerprint density at radius 3 is 1.77 bits per heavy atom. The van der Waals surface area contributed by atoms with Crippen LogP contribution in [0.5, 0.6) is 0 Å². The van der Waals surface area contributed by atoms with E-state index in [4.69, 9.17) is 19.4 Å². The van der Waals surface area contributed by atoms with E-state index in [0.717, 1.165) is 87.8 Å². The van der Waals surface area contributed by atoms with Crippen LogP contribution in [0.3, 0.4) is 0 Å². The Hall–Kier alpha value is -9.17. The van der Waals surface area contributed by atoms with E-state index in [2.05, 4.69) is 221 Å². The zero-order valence-corrected chi connectivity index (χ0v) is 38.1. The SMILES string of the molecule is c1ccc2cc3c(cc2c1)c1c2ccccc2ccc1n3-c1cc2oc3c4ccccc4ccc3c2cc1-c1nc(-c2ccc3c(c2)sc2ccccc23)nc(-n2c3ccccc3c3ccccc32)n1. The van der Waals surface area contributed by atoms with Crippen molar-refractivity contribution in [3.8, 4) is 34.4 Å². The van der Waals surface area contributed by atoms with Crippen LogP contribution in [0.15, 0.2) is 217 Å². The number of benzene rings is 11.